The lowest BCUT2D eigenvalue weighted by Crippen LogP contribution is -2.30. The molecule has 0 bridgehead atoms. The standard InChI is InChI=1S/C83H148O17P2/c1-5-9-13-17-21-25-29-33-37-38-42-44-48-52-56-60-64-68-81(86)94-74-79(100-83(88)70-66-62-58-54-50-46-41-36-32-28-24-20-16-12-8-4)76-98-102(91,92)96-72-77(84)71-95-101(89,90)97-75-78(99-82(87)69-65-61-57-53-49-45-40-35-31-27-23-19-15-11-7-3)73-93-80(85)67-63-59-55-51-47-43-39-34-30-26-22-18-14-10-6-2/h9,12-13,16,21,24-25,28,33,36-37,41-42,44,77-79,84H,5-8,10-11,14-15,17-20,22-23,26-27,29-32,34-35,38-40,43,45-76H2,1-4H3,(H,89,90)(H,91,92)/b13-9-,16-12-,25-21-,28-24-,37-33-,41-36-,44-42-. The fraction of sp³-hybridized carbons (Fsp3) is 0.783. The van der Waals surface area contributed by atoms with Crippen molar-refractivity contribution in [1.82, 2.24) is 0 Å². The van der Waals surface area contributed by atoms with E-state index in [2.05, 4.69) is 113 Å². The Hall–Kier alpha value is -3.76. The summed E-state index contributed by atoms with van der Waals surface area (Å²) in [6, 6.07) is 0. The van der Waals surface area contributed by atoms with Gasteiger partial charge in [0.25, 0.3) is 0 Å². The number of phosphoric ester groups is 2. The lowest BCUT2D eigenvalue weighted by Gasteiger charge is -2.21. The van der Waals surface area contributed by atoms with Crippen molar-refractivity contribution >= 4 is 39.5 Å². The van der Waals surface area contributed by atoms with Crippen LogP contribution in [-0.4, -0.2) is 96.7 Å². The van der Waals surface area contributed by atoms with Gasteiger partial charge in [-0.2, -0.15) is 0 Å². The number of aliphatic hydroxyl groups is 1. The highest BCUT2D eigenvalue weighted by atomic mass is 31.2. The van der Waals surface area contributed by atoms with Crippen LogP contribution in [0.15, 0.2) is 85.1 Å². The summed E-state index contributed by atoms with van der Waals surface area (Å²) in [6.45, 7) is 4.68. The van der Waals surface area contributed by atoms with E-state index in [1.807, 2.05) is 0 Å². The average molecular weight is 1480 g/mol. The third-order valence-electron chi connectivity index (χ3n) is 17.4. The quantitative estimate of drug-likeness (QED) is 0.0169. The Morgan fingerprint density at radius 3 is 0.784 bits per heavy atom. The number of hydrogen-bond donors (Lipinski definition) is 3. The second-order valence-electron chi connectivity index (χ2n) is 27.3. The Labute approximate surface area is 621 Å². The van der Waals surface area contributed by atoms with E-state index < -0.39 is 97.5 Å². The predicted molar refractivity (Wildman–Crippen MR) is 418 cm³/mol. The highest BCUT2D eigenvalue weighted by Gasteiger charge is 2.30. The maximum atomic E-state index is 13.1. The van der Waals surface area contributed by atoms with Crippen molar-refractivity contribution in [2.75, 3.05) is 39.6 Å². The van der Waals surface area contributed by atoms with Crippen molar-refractivity contribution in [1.29, 1.82) is 0 Å². The zero-order chi connectivity index (χ0) is 74.6. The molecule has 0 fully saturated rings. The number of ether oxygens (including phenoxy) is 4. The Balaban J connectivity index is 5.36. The van der Waals surface area contributed by atoms with E-state index >= 15 is 0 Å². The van der Waals surface area contributed by atoms with E-state index in [0.717, 1.165) is 148 Å². The highest BCUT2D eigenvalue weighted by molar-refractivity contribution is 7.47. The van der Waals surface area contributed by atoms with E-state index in [4.69, 9.17) is 37.0 Å². The van der Waals surface area contributed by atoms with Crippen LogP contribution in [0, 0.1) is 0 Å². The minimum Gasteiger partial charge on any atom is -0.462 e. The molecule has 0 rings (SSSR count). The maximum Gasteiger partial charge on any atom is 0.472 e. The molecule has 0 amide bonds. The van der Waals surface area contributed by atoms with Crippen LogP contribution < -0.4 is 0 Å². The zero-order valence-corrected chi connectivity index (χ0v) is 66.6. The third-order valence-corrected chi connectivity index (χ3v) is 19.3. The average Bonchev–Trinajstić information content (AvgIpc) is 0.923. The molecule has 0 radical (unpaired) electrons. The first-order chi connectivity index (χ1) is 49.7. The maximum absolute atomic E-state index is 13.1. The van der Waals surface area contributed by atoms with Gasteiger partial charge >= 0.3 is 39.5 Å². The van der Waals surface area contributed by atoms with Crippen molar-refractivity contribution in [2.45, 2.75) is 380 Å². The topological polar surface area (TPSA) is 237 Å². The molecule has 0 heterocycles. The second-order valence-corrected chi connectivity index (χ2v) is 30.2. The largest absolute Gasteiger partial charge is 0.472 e. The van der Waals surface area contributed by atoms with Gasteiger partial charge in [-0.25, -0.2) is 9.13 Å². The number of carbonyl (C=O) groups excluding carboxylic acids is 4. The van der Waals surface area contributed by atoms with Crippen molar-refractivity contribution < 1.29 is 80.2 Å². The predicted octanol–water partition coefficient (Wildman–Crippen LogP) is 23.8. The van der Waals surface area contributed by atoms with Gasteiger partial charge in [-0.05, 0) is 96.3 Å². The number of phosphoric acid groups is 2. The lowest BCUT2D eigenvalue weighted by molar-refractivity contribution is -0.161. The monoisotopic (exact) mass is 1480 g/mol. The smallest absolute Gasteiger partial charge is 0.462 e. The molecule has 0 aromatic rings. The molecule has 0 saturated carbocycles. The minimum atomic E-state index is -4.98. The number of carbonyl (C=O) groups is 4. The summed E-state index contributed by atoms with van der Waals surface area (Å²) < 4.78 is 68.7. The molecule has 0 aromatic carbocycles. The first kappa shape index (κ1) is 98.2. The zero-order valence-electron chi connectivity index (χ0n) is 64.8. The van der Waals surface area contributed by atoms with E-state index in [0.29, 0.717) is 25.7 Å². The molecule has 0 aliphatic heterocycles. The first-order valence-electron chi connectivity index (χ1n) is 40.8. The van der Waals surface area contributed by atoms with Gasteiger partial charge in [-0.15, -0.1) is 0 Å². The van der Waals surface area contributed by atoms with Gasteiger partial charge in [-0.1, -0.05) is 325 Å². The lowest BCUT2D eigenvalue weighted by atomic mass is 10.0. The molecular weight excluding hydrogens is 1330 g/mol. The van der Waals surface area contributed by atoms with Gasteiger partial charge in [-0.3, -0.25) is 37.3 Å². The van der Waals surface area contributed by atoms with Crippen LogP contribution in [0.25, 0.3) is 0 Å². The van der Waals surface area contributed by atoms with Crippen LogP contribution in [-0.2, 0) is 65.4 Å². The van der Waals surface area contributed by atoms with E-state index in [9.17, 15) is 43.2 Å². The van der Waals surface area contributed by atoms with Gasteiger partial charge < -0.3 is 33.8 Å². The number of aliphatic hydroxyl groups excluding tert-OH is 1. The highest BCUT2D eigenvalue weighted by Crippen LogP contribution is 2.45. The molecule has 17 nitrogen and oxygen atoms in total. The second kappa shape index (κ2) is 75.5. The summed E-state index contributed by atoms with van der Waals surface area (Å²) in [5.41, 5.74) is 0. The van der Waals surface area contributed by atoms with Gasteiger partial charge in [0.05, 0.1) is 26.4 Å². The Kier molecular flexibility index (Phi) is 72.7. The fourth-order valence-electron chi connectivity index (χ4n) is 11.2. The molecule has 0 saturated heterocycles. The van der Waals surface area contributed by atoms with Crippen LogP contribution in [0.4, 0.5) is 0 Å². The van der Waals surface area contributed by atoms with E-state index in [1.54, 1.807) is 0 Å². The normalized spacial score (nSPS) is 14.3. The molecular formula is C83H148O17P2. The minimum absolute atomic E-state index is 0.0708. The Morgan fingerprint density at radius 1 is 0.284 bits per heavy atom. The van der Waals surface area contributed by atoms with Crippen molar-refractivity contribution in [3.8, 4) is 0 Å². The van der Waals surface area contributed by atoms with Gasteiger partial charge in [0, 0.05) is 25.7 Å². The number of hydrogen-bond acceptors (Lipinski definition) is 15. The van der Waals surface area contributed by atoms with Gasteiger partial charge in [0.1, 0.15) is 19.3 Å². The van der Waals surface area contributed by atoms with Gasteiger partial charge in [0.15, 0.2) is 12.2 Å². The molecule has 0 aliphatic rings. The first-order valence-corrected chi connectivity index (χ1v) is 43.8. The number of allylic oxidation sites excluding steroid dienone is 14. The fourth-order valence-corrected chi connectivity index (χ4v) is 12.8. The Bertz CT molecular complexity index is 2260. The SMILES string of the molecule is CC/C=C\C/C=C\C/C=C\C/C=C\CCCCCCC(=O)OCC(COP(=O)(O)OCC(O)COP(=O)(O)OCC(COC(=O)CCCCCCCCCCCCCCCCC)OC(=O)CCCCCCCCCCCCCCCCC)OC(=O)CCCCCCC/C=C\C/C=C\C/C=C\CC. The van der Waals surface area contributed by atoms with Crippen LogP contribution in [0.3, 0.4) is 0 Å². The molecule has 19 heteroatoms. The summed E-state index contributed by atoms with van der Waals surface area (Å²) in [6.07, 6.45) is 78.4. The van der Waals surface area contributed by atoms with Crippen LogP contribution in [0.5, 0.6) is 0 Å². The molecule has 0 aliphatic carbocycles. The summed E-state index contributed by atoms with van der Waals surface area (Å²) in [5.74, 6) is -2.19. The molecule has 0 spiro atoms. The number of unbranched alkanes of at least 4 members (excludes halogenated alkanes) is 37. The number of rotatable bonds is 77. The van der Waals surface area contributed by atoms with Crippen LogP contribution in [0.2, 0.25) is 0 Å². The molecule has 3 N–H and O–H groups in total. The number of esters is 4. The van der Waals surface area contributed by atoms with Crippen LogP contribution in [0.1, 0.15) is 362 Å². The van der Waals surface area contributed by atoms with Crippen molar-refractivity contribution in [2.24, 2.45) is 0 Å². The Morgan fingerprint density at radius 2 is 0.510 bits per heavy atom. The van der Waals surface area contributed by atoms with E-state index in [-0.39, 0.29) is 25.7 Å². The van der Waals surface area contributed by atoms with Crippen molar-refractivity contribution in [3.63, 3.8) is 0 Å². The summed E-state index contributed by atoms with van der Waals surface area (Å²) in [7, 11) is -9.96. The van der Waals surface area contributed by atoms with Crippen molar-refractivity contribution in [3.05, 3.63) is 85.1 Å². The van der Waals surface area contributed by atoms with E-state index in [1.165, 1.54) is 135 Å². The molecule has 5 unspecified atom stereocenters. The summed E-state index contributed by atoms with van der Waals surface area (Å²) in [4.78, 5) is 73.1. The molecule has 102 heavy (non-hydrogen) atoms. The molecule has 0 aromatic heterocycles. The molecule has 592 valence electrons. The van der Waals surface area contributed by atoms with Gasteiger partial charge in [0.2, 0.25) is 0 Å². The third kappa shape index (κ3) is 74.5. The molecule has 5 atom stereocenters. The summed E-state index contributed by atoms with van der Waals surface area (Å²) in [5, 5.41) is 10.6. The summed E-state index contributed by atoms with van der Waals surface area (Å²) >= 11 is 0. The van der Waals surface area contributed by atoms with Crippen LogP contribution >= 0.6 is 15.6 Å².